The molecule has 0 unspecified atom stereocenters. The number of nitrogens with one attached hydrogen (secondary N) is 1. The van der Waals surface area contributed by atoms with Gasteiger partial charge < -0.3 is 10.5 Å². The van der Waals surface area contributed by atoms with Gasteiger partial charge in [-0.3, -0.25) is 0 Å². The van der Waals surface area contributed by atoms with Gasteiger partial charge in [-0.05, 0) is 11.6 Å². The van der Waals surface area contributed by atoms with Crippen molar-refractivity contribution in [3.63, 3.8) is 0 Å². The summed E-state index contributed by atoms with van der Waals surface area (Å²) in [4.78, 5) is 17.1. The molecule has 1 aromatic rings. The highest BCUT2D eigenvalue weighted by Crippen LogP contribution is 2.06. The molecule has 17 heavy (non-hydrogen) atoms. The summed E-state index contributed by atoms with van der Waals surface area (Å²) in [5, 5.41) is -0.0546. The van der Waals surface area contributed by atoms with Crippen LogP contribution in [0.15, 0.2) is 17.3 Å². The Hall–Kier alpha value is -1.45. The van der Waals surface area contributed by atoms with Crippen molar-refractivity contribution in [3.8, 4) is 0 Å². The van der Waals surface area contributed by atoms with Gasteiger partial charge in [0, 0.05) is 6.54 Å². The summed E-state index contributed by atoms with van der Waals surface area (Å²) >= 11 is 5.41. The van der Waals surface area contributed by atoms with Crippen LogP contribution in [0.4, 0.5) is 4.79 Å². The highest BCUT2D eigenvalue weighted by Gasteiger charge is 2.14. The van der Waals surface area contributed by atoms with Gasteiger partial charge in [-0.2, -0.15) is 0 Å². The number of primary amides is 1. The van der Waals surface area contributed by atoms with E-state index in [-0.39, 0.29) is 23.3 Å². The lowest BCUT2D eigenvalue weighted by Crippen LogP contribution is -2.29. The first-order valence-corrected chi connectivity index (χ1v) is 6.17. The molecule has 1 aromatic heterocycles. The maximum atomic E-state index is 11.6. The topological polar surface area (TPSA) is 124 Å². The minimum absolute atomic E-state index is 0.0546. The highest BCUT2D eigenvalue weighted by molar-refractivity contribution is 7.89. The molecule has 10 heteroatoms. The number of halogens is 1. The Kier molecular flexibility index (Phi) is 4.61. The Labute approximate surface area is 102 Å². The van der Waals surface area contributed by atoms with Crippen LogP contribution in [-0.2, 0) is 14.8 Å². The largest absolute Gasteiger partial charge is 0.448 e. The van der Waals surface area contributed by atoms with Crippen molar-refractivity contribution in [1.82, 2.24) is 14.7 Å². The van der Waals surface area contributed by atoms with Crippen LogP contribution in [0.25, 0.3) is 0 Å². The number of hydrogen-bond acceptors (Lipinski definition) is 6. The molecule has 0 saturated heterocycles. The smallest absolute Gasteiger partial charge is 0.404 e. The number of nitrogens with two attached hydrogens (primary N) is 1. The predicted octanol–water partition coefficient (Wildman–Crippen LogP) is -0.496. The van der Waals surface area contributed by atoms with Gasteiger partial charge >= 0.3 is 6.09 Å². The zero-order valence-corrected chi connectivity index (χ0v) is 10.0. The summed E-state index contributed by atoms with van der Waals surface area (Å²) < 4.78 is 29.7. The summed E-state index contributed by atoms with van der Waals surface area (Å²) in [6.07, 6.45) is 1.15. The number of carbonyl (C=O) groups is 1. The lowest BCUT2D eigenvalue weighted by molar-refractivity contribution is 0.159. The van der Waals surface area contributed by atoms with E-state index in [4.69, 9.17) is 17.3 Å². The van der Waals surface area contributed by atoms with E-state index in [1.54, 1.807) is 0 Å². The van der Waals surface area contributed by atoms with Crippen molar-refractivity contribution in [2.45, 2.75) is 4.90 Å². The van der Waals surface area contributed by atoms with Crippen LogP contribution in [0.3, 0.4) is 0 Å². The molecule has 0 atom stereocenters. The molecular weight excluding hydrogens is 272 g/mol. The minimum Gasteiger partial charge on any atom is -0.448 e. The van der Waals surface area contributed by atoms with Crippen LogP contribution in [0.5, 0.6) is 0 Å². The molecule has 1 rings (SSSR count). The number of nitrogens with zero attached hydrogens (tertiary/aromatic N) is 2. The Bertz CT molecular complexity index is 489. The van der Waals surface area contributed by atoms with Crippen molar-refractivity contribution >= 4 is 27.7 Å². The summed E-state index contributed by atoms with van der Waals surface area (Å²) in [5.74, 6) is 0. The fourth-order valence-corrected chi connectivity index (χ4v) is 1.85. The molecule has 3 N–H and O–H groups in total. The number of sulfonamides is 1. The van der Waals surface area contributed by atoms with E-state index in [2.05, 4.69) is 19.4 Å². The molecule has 0 bridgehead atoms. The van der Waals surface area contributed by atoms with Gasteiger partial charge in [0.1, 0.15) is 11.5 Å². The molecule has 1 amide bonds. The molecule has 0 radical (unpaired) electrons. The normalized spacial score (nSPS) is 11.1. The first-order valence-electron chi connectivity index (χ1n) is 4.31. The molecule has 8 nitrogen and oxygen atoms in total. The Morgan fingerprint density at radius 2 is 2.06 bits per heavy atom. The molecule has 0 aliphatic rings. The lowest BCUT2D eigenvalue weighted by atomic mass is 10.7. The van der Waals surface area contributed by atoms with Crippen molar-refractivity contribution in [1.29, 1.82) is 0 Å². The fraction of sp³-hybridized carbons (Fsp3) is 0.286. The maximum Gasteiger partial charge on any atom is 0.404 e. The molecule has 0 aliphatic heterocycles. The molecule has 0 spiro atoms. The van der Waals surface area contributed by atoms with E-state index in [0.29, 0.717) is 0 Å². The maximum absolute atomic E-state index is 11.6. The second kappa shape index (κ2) is 5.75. The molecule has 0 aromatic carbocycles. The van der Waals surface area contributed by atoms with Crippen LogP contribution in [0.1, 0.15) is 0 Å². The van der Waals surface area contributed by atoms with Crippen molar-refractivity contribution in [2.24, 2.45) is 5.73 Å². The van der Waals surface area contributed by atoms with Gasteiger partial charge in [0.15, 0.2) is 0 Å². The lowest BCUT2D eigenvalue weighted by Gasteiger charge is -2.05. The third-order valence-corrected chi connectivity index (χ3v) is 3.16. The number of ether oxygens (including phenoxy) is 1. The Morgan fingerprint density at radius 1 is 1.47 bits per heavy atom. The van der Waals surface area contributed by atoms with Gasteiger partial charge in [-0.25, -0.2) is 27.9 Å². The average Bonchev–Trinajstić information content (AvgIpc) is 2.25. The van der Waals surface area contributed by atoms with Gasteiger partial charge in [0.2, 0.25) is 15.3 Å². The van der Waals surface area contributed by atoms with Gasteiger partial charge in [-0.1, -0.05) is 0 Å². The number of hydrogen-bond donors (Lipinski definition) is 2. The first kappa shape index (κ1) is 13.6. The predicted molar refractivity (Wildman–Crippen MR) is 57.8 cm³/mol. The zero-order valence-electron chi connectivity index (χ0n) is 8.46. The molecule has 94 valence electrons. The van der Waals surface area contributed by atoms with Crippen LogP contribution in [0.2, 0.25) is 5.28 Å². The average molecular weight is 281 g/mol. The molecule has 1 heterocycles. The van der Waals surface area contributed by atoms with E-state index >= 15 is 0 Å². The van der Waals surface area contributed by atoms with Crippen molar-refractivity contribution < 1.29 is 17.9 Å². The van der Waals surface area contributed by atoms with E-state index in [1.807, 2.05) is 0 Å². The van der Waals surface area contributed by atoms with E-state index in [1.165, 1.54) is 0 Å². The SMILES string of the molecule is NC(=O)OCCNS(=O)(=O)c1cnc(Cl)nc1. The van der Waals surface area contributed by atoms with Crippen LogP contribution >= 0.6 is 11.6 Å². The number of rotatable bonds is 5. The summed E-state index contributed by atoms with van der Waals surface area (Å²) in [7, 11) is -3.74. The third kappa shape index (κ3) is 4.51. The number of amides is 1. The minimum atomic E-state index is -3.74. The Balaban J connectivity index is 2.57. The first-order chi connectivity index (χ1) is 7.92. The molecule has 0 fully saturated rings. The van der Waals surface area contributed by atoms with Crippen molar-refractivity contribution in [2.75, 3.05) is 13.2 Å². The van der Waals surface area contributed by atoms with Crippen LogP contribution in [-0.4, -0.2) is 37.6 Å². The number of carbonyl (C=O) groups excluding carboxylic acids is 1. The van der Waals surface area contributed by atoms with Gasteiger partial charge in [0.25, 0.3) is 0 Å². The van der Waals surface area contributed by atoms with E-state index in [9.17, 15) is 13.2 Å². The molecular formula is C7H9ClN4O4S. The fourth-order valence-electron chi connectivity index (χ4n) is 0.850. The van der Waals surface area contributed by atoms with Crippen LogP contribution in [0, 0.1) is 0 Å². The summed E-state index contributed by atoms with van der Waals surface area (Å²) in [5.41, 5.74) is 4.70. The monoisotopic (exact) mass is 280 g/mol. The van der Waals surface area contributed by atoms with Gasteiger partial charge in [0.05, 0.1) is 12.4 Å². The van der Waals surface area contributed by atoms with Crippen LogP contribution < -0.4 is 10.5 Å². The van der Waals surface area contributed by atoms with E-state index in [0.717, 1.165) is 12.4 Å². The van der Waals surface area contributed by atoms with Crippen molar-refractivity contribution in [3.05, 3.63) is 17.7 Å². The second-order valence-corrected chi connectivity index (χ2v) is 4.86. The quantitative estimate of drug-likeness (QED) is 0.553. The van der Waals surface area contributed by atoms with Gasteiger partial charge in [-0.15, -0.1) is 0 Å². The molecule has 0 saturated carbocycles. The summed E-state index contributed by atoms with van der Waals surface area (Å²) in [6.45, 7) is -0.267. The standard InChI is InChI=1S/C7H9ClN4O4S/c8-6-10-3-5(4-11-6)17(14,15)12-1-2-16-7(9)13/h3-4,12H,1-2H2,(H2,9,13). The molecule has 0 aliphatic carbocycles. The van der Waals surface area contributed by atoms with E-state index < -0.39 is 16.1 Å². The summed E-state index contributed by atoms with van der Waals surface area (Å²) in [6, 6.07) is 0. The Morgan fingerprint density at radius 3 is 2.59 bits per heavy atom. The second-order valence-electron chi connectivity index (χ2n) is 2.75. The number of aromatic nitrogens is 2. The highest BCUT2D eigenvalue weighted by atomic mass is 35.5. The zero-order chi connectivity index (χ0) is 12.9. The third-order valence-electron chi connectivity index (χ3n) is 1.55.